The van der Waals surface area contributed by atoms with Crippen LogP contribution in [0.25, 0.3) is 0 Å². The molecule has 26 heavy (non-hydrogen) atoms. The third kappa shape index (κ3) is 3.40. The number of rotatable bonds is 5. The molecule has 3 amide bonds. The highest BCUT2D eigenvalue weighted by atomic mass is 19.1. The van der Waals surface area contributed by atoms with Crippen molar-refractivity contribution < 1.29 is 23.9 Å². The summed E-state index contributed by atoms with van der Waals surface area (Å²) in [5.74, 6) is -2.99. The van der Waals surface area contributed by atoms with E-state index < -0.39 is 53.7 Å². The number of primary amides is 1. The zero-order valence-electron chi connectivity index (χ0n) is 14.8. The van der Waals surface area contributed by atoms with E-state index >= 15 is 0 Å². The average Bonchev–Trinajstić information content (AvgIpc) is 2.78. The second-order valence-electron chi connectivity index (χ2n) is 6.55. The van der Waals surface area contributed by atoms with Gasteiger partial charge in [-0.15, -0.1) is 0 Å². The Hall–Kier alpha value is -2.52. The number of aliphatic hydroxyl groups is 1. The van der Waals surface area contributed by atoms with Gasteiger partial charge in [-0.25, -0.2) is 4.39 Å². The molecule has 0 radical (unpaired) electrons. The van der Waals surface area contributed by atoms with Crippen LogP contribution >= 0.6 is 0 Å². The number of carbonyl (C=O) groups is 3. The van der Waals surface area contributed by atoms with Gasteiger partial charge in [0.15, 0.2) is 0 Å². The number of benzene rings is 1. The number of amides is 3. The summed E-state index contributed by atoms with van der Waals surface area (Å²) in [6, 6.07) is 1.90. The second kappa shape index (κ2) is 7.38. The maximum absolute atomic E-state index is 13.2. The molecule has 0 aromatic heterocycles. The normalized spacial score (nSPS) is 25.1. The molecule has 5 N–H and O–H groups in total. The van der Waals surface area contributed by atoms with E-state index in [1.165, 1.54) is 43.1 Å². The van der Waals surface area contributed by atoms with Gasteiger partial charge < -0.3 is 21.5 Å². The first-order valence-corrected chi connectivity index (χ1v) is 8.16. The maximum Gasteiger partial charge on any atom is 0.246 e. The molecule has 1 aromatic carbocycles. The van der Waals surface area contributed by atoms with Crippen molar-refractivity contribution in [2.24, 2.45) is 17.4 Å². The average molecular weight is 366 g/mol. The first kappa shape index (κ1) is 19.8. The van der Waals surface area contributed by atoms with Gasteiger partial charge in [-0.3, -0.25) is 19.3 Å². The smallest absolute Gasteiger partial charge is 0.246 e. The van der Waals surface area contributed by atoms with E-state index in [1.807, 2.05) is 0 Å². The fourth-order valence-corrected chi connectivity index (χ4v) is 3.28. The summed E-state index contributed by atoms with van der Waals surface area (Å²) in [5, 5.41) is 9.79. The molecule has 0 spiro atoms. The van der Waals surface area contributed by atoms with E-state index in [-0.39, 0.29) is 0 Å². The lowest BCUT2D eigenvalue weighted by molar-refractivity contribution is -0.142. The Morgan fingerprint density at radius 3 is 2.31 bits per heavy atom. The van der Waals surface area contributed by atoms with Crippen LogP contribution in [0, 0.1) is 11.7 Å². The molecule has 0 aliphatic carbocycles. The van der Waals surface area contributed by atoms with Crippen molar-refractivity contribution >= 4 is 23.4 Å². The monoisotopic (exact) mass is 366 g/mol. The number of likely N-dealkylation sites (N-methyl/N-ethyl adjacent to an activating group) is 1. The molecule has 9 heteroatoms. The molecule has 1 aromatic rings. The minimum atomic E-state index is -1.25. The molecule has 8 nitrogen and oxygen atoms in total. The fourth-order valence-electron chi connectivity index (χ4n) is 3.28. The number of nitrogens with zero attached hydrogens (tertiary/aromatic N) is 2. The number of anilines is 1. The number of carbonyl (C=O) groups excluding carboxylic acids is 3. The molecule has 3 unspecified atom stereocenters. The Morgan fingerprint density at radius 1 is 1.31 bits per heavy atom. The van der Waals surface area contributed by atoms with Gasteiger partial charge in [0.25, 0.3) is 0 Å². The summed E-state index contributed by atoms with van der Waals surface area (Å²) in [5.41, 5.74) is 11.5. The highest BCUT2D eigenvalue weighted by Gasteiger charge is 2.50. The van der Waals surface area contributed by atoms with Gasteiger partial charge in [0.1, 0.15) is 17.9 Å². The van der Waals surface area contributed by atoms with Crippen LogP contribution in [0.2, 0.25) is 0 Å². The molecule has 2 rings (SSSR count). The summed E-state index contributed by atoms with van der Waals surface area (Å²) >= 11 is 0. The predicted octanol–water partition coefficient (Wildman–Crippen LogP) is -0.803. The summed E-state index contributed by atoms with van der Waals surface area (Å²) in [7, 11) is 1.33. The van der Waals surface area contributed by atoms with Crippen LogP contribution in [0.5, 0.6) is 0 Å². The molecule has 0 bridgehead atoms. The van der Waals surface area contributed by atoms with E-state index in [1.54, 1.807) is 6.92 Å². The molecule has 1 aliphatic heterocycles. The van der Waals surface area contributed by atoms with Crippen LogP contribution in [-0.4, -0.2) is 59.0 Å². The van der Waals surface area contributed by atoms with Crippen molar-refractivity contribution in [2.45, 2.75) is 38.1 Å². The van der Waals surface area contributed by atoms with E-state index in [9.17, 15) is 23.9 Å². The molecule has 0 saturated carbocycles. The Morgan fingerprint density at radius 2 is 1.85 bits per heavy atom. The highest BCUT2D eigenvalue weighted by molar-refractivity contribution is 6.07. The minimum absolute atomic E-state index is 0.315. The first-order chi connectivity index (χ1) is 12.1. The lowest BCUT2D eigenvalue weighted by atomic mass is 9.97. The van der Waals surface area contributed by atoms with E-state index in [0.29, 0.717) is 5.69 Å². The Balaban J connectivity index is 2.42. The van der Waals surface area contributed by atoms with Gasteiger partial charge in [0.05, 0.1) is 12.1 Å². The lowest BCUT2D eigenvalue weighted by Gasteiger charge is -2.34. The zero-order valence-corrected chi connectivity index (χ0v) is 14.8. The van der Waals surface area contributed by atoms with Crippen molar-refractivity contribution in [3.8, 4) is 0 Å². The van der Waals surface area contributed by atoms with Crippen LogP contribution in [0.3, 0.4) is 0 Å². The largest absolute Gasteiger partial charge is 0.391 e. The summed E-state index contributed by atoms with van der Waals surface area (Å²) in [6.45, 7) is 2.98. The lowest BCUT2D eigenvalue weighted by Crippen LogP contribution is -2.57. The molecule has 142 valence electrons. The van der Waals surface area contributed by atoms with Crippen LogP contribution in [-0.2, 0) is 14.4 Å². The van der Waals surface area contributed by atoms with Gasteiger partial charge in [-0.1, -0.05) is 6.92 Å². The number of hydrogen-bond donors (Lipinski definition) is 3. The van der Waals surface area contributed by atoms with Gasteiger partial charge >= 0.3 is 0 Å². The van der Waals surface area contributed by atoms with Gasteiger partial charge in [0, 0.05) is 18.7 Å². The standard InChI is InChI=1S/C17H23FN4O4/c1-8-12(19)16(25)22(11-6-4-10(18)5-7-11)13(8)17(26)21(3)14(9(2)23)15(20)24/h4-9,12-14,23H,19H2,1-3H3,(H2,20,24)/t8?,9-,12?,13?,14+/m1/s1. The Labute approximate surface area is 150 Å². The Kier molecular flexibility index (Phi) is 5.62. The van der Waals surface area contributed by atoms with Crippen LogP contribution < -0.4 is 16.4 Å². The molecule has 1 heterocycles. The molecule has 1 aliphatic rings. The van der Waals surface area contributed by atoms with E-state index in [2.05, 4.69) is 0 Å². The molecule has 1 saturated heterocycles. The second-order valence-corrected chi connectivity index (χ2v) is 6.55. The SMILES string of the molecule is CC1C(N)C(=O)N(c2ccc(F)cc2)C1C(=O)N(C)[C@H](C(N)=O)[C@@H](C)O. The van der Waals surface area contributed by atoms with Crippen molar-refractivity contribution in [3.63, 3.8) is 0 Å². The van der Waals surface area contributed by atoms with Gasteiger partial charge in [-0.2, -0.15) is 0 Å². The third-order valence-corrected chi connectivity index (χ3v) is 4.74. The van der Waals surface area contributed by atoms with Crippen molar-refractivity contribution in [1.29, 1.82) is 0 Å². The van der Waals surface area contributed by atoms with E-state index in [4.69, 9.17) is 11.5 Å². The van der Waals surface area contributed by atoms with Crippen molar-refractivity contribution in [2.75, 3.05) is 11.9 Å². The highest BCUT2D eigenvalue weighted by Crippen LogP contribution is 2.32. The topological polar surface area (TPSA) is 130 Å². The number of hydrogen-bond acceptors (Lipinski definition) is 5. The van der Waals surface area contributed by atoms with Crippen LogP contribution in [0.1, 0.15) is 13.8 Å². The number of aliphatic hydroxyl groups excluding tert-OH is 1. The van der Waals surface area contributed by atoms with Gasteiger partial charge in [0.2, 0.25) is 17.7 Å². The number of halogens is 1. The molecule has 1 fully saturated rings. The quantitative estimate of drug-likeness (QED) is 0.628. The Bertz CT molecular complexity index is 709. The molecular formula is C17H23FN4O4. The molecular weight excluding hydrogens is 343 g/mol. The third-order valence-electron chi connectivity index (χ3n) is 4.74. The zero-order chi connectivity index (χ0) is 19.8. The van der Waals surface area contributed by atoms with Crippen LogP contribution in [0.15, 0.2) is 24.3 Å². The summed E-state index contributed by atoms with van der Waals surface area (Å²) in [4.78, 5) is 39.5. The molecule has 5 atom stereocenters. The summed E-state index contributed by atoms with van der Waals surface area (Å²) in [6.07, 6.45) is -1.19. The van der Waals surface area contributed by atoms with E-state index in [0.717, 1.165) is 4.90 Å². The summed E-state index contributed by atoms with van der Waals surface area (Å²) < 4.78 is 13.2. The fraction of sp³-hybridized carbons (Fsp3) is 0.471. The van der Waals surface area contributed by atoms with Gasteiger partial charge in [-0.05, 0) is 31.2 Å². The minimum Gasteiger partial charge on any atom is -0.391 e. The van der Waals surface area contributed by atoms with Crippen LogP contribution in [0.4, 0.5) is 10.1 Å². The van der Waals surface area contributed by atoms with Crippen molar-refractivity contribution in [1.82, 2.24) is 4.90 Å². The van der Waals surface area contributed by atoms with Crippen molar-refractivity contribution in [3.05, 3.63) is 30.1 Å². The maximum atomic E-state index is 13.2. The predicted molar refractivity (Wildman–Crippen MR) is 92.2 cm³/mol. The number of nitrogens with two attached hydrogens (primary N) is 2. The first-order valence-electron chi connectivity index (χ1n) is 8.16.